The molecule has 0 aromatic rings. The second-order valence-corrected chi connectivity index (χ2v) is 10.9. The molecule has 1 aliphatic heterocycles. The van der Waals surface area contributed by atoms with Gasteiger partial charge in [-0.15, -0.1) is 0 Å². The third kappa shape index (κ3) is 7.13. The van der Waals surface area contributed by atoms with Crippen molar-refractivity contribution in [1.82, 2.24) is 0 Å². The van der Waals surface area contributed by atoms with Crippen LogP contribution in [0.2, 0.25) is 0 Å². The average molecular weight is 487 g/mol. The lowest BCUT2D eigenvalue weighted by atomic mass is 9.53. The standard InChI is InChI=1S/C30H46O5/c1-21(2)10-7-11-22(3)12-8-13-23(4)18-25-19-30(28(33)35-25)27(14-9-17-31)26(24(5)20-32)15-16-29(30,6)34/h8,10,12-13,18,20,25,27-28,31,33-34H,7,9,11,14-17,19H2,1-6H3/b13-8+,22-12+,23-18+,26-24-/t25-,27+,28?,29-,30-/m0/s1. The number of hydrogen-bond acceptors (Lipinski definition) is 5. The lowest BCUT2D eigenvalue weighted by Crippen LogP contribution is -2.58. The first-order valence-electron chi connectivity index (χ1n) is 13.0. The van der Waals surface area contributed by atoms with Crippen molar-refractivity contribution in [1.29, 1.82) is 0 Å². The van der Waals surface area contributed by atoms with E-state index in [-0.39, 0.29) is 18.6 Å². The molecule has 1 saturated heterocycles. The van der Waals surface area contributed by atoms with Crippen molar-refractivity contribution in [3.8, 4) is 0 Å². The molecule has 0 aromatic heterocycles. The molecule has 196 valence electrons. The number of aliphatic hydroxyl groups excluding tert-OH is 2. The van der Waals surface area contributed by atoms with E-state index >= 15 is 0 Å². The van der Waals surface area contributed by atoms with Gasteiger partial charge in [-0.1, -0.05) is 52.7 Å². The molecule has 0 bridgehead atoms. The second-order valence-electron chi connectivity index (χ2n) is 10.9. The first kappa shape index (κ1) is 29.4. The zero-order valence-corrected chi connectivity index (χ0v) is 22.5. The lowest BCUT2D eigenvalue weighted by Gasteiger charge is -2.53. The molecule has 0 aromatic carbocycles. The summed E-state index contributed by atoms with van der Waals surface area (Å²) in [4.78, 5) is 11.6. The highest BCUT2D eigenvalue weighted by Gasteiger charge is 2.64. The van der Waals surface area contributed by atoms with E-state index in [1.165, 1.54) is 11.1 Å². The lowest BCUT2D eigenvalue weighted by molar-refractivity contribution is -0.219. The summed E-state index contributed by atoms with van der Waals surface area (Å²) in [6.45, 7) is 12.0. The van der Waals surface area contributed by atoms with Crippen molar-refractivity contribution in [2.75, 3.05) is 6.61 Å². The number of rotatable bonds is 10. The van der Waals surface area contributed by atoms with Gasteiger partial charge in [-0.3, -0.25) is 4.79 Å². The van der Waals surface area contributed by atoms with Gasteiger partial charge in [0.05, 0.1) is 17.1 Å². The molecule has 1 saturated carbocycles. The molecule has 2 aliphatic rings. The van der Waals surface area contributed by atoms with E-state index in [0.29, 0.717) is 37.7 Å². The number of aliphatic hydroxyl groups is 3. The van der Waals surface area contributed by atoms with Gasteiger partial charge in [-0.05, 0) is 98.0 Å². The summed E-state index contributed by atoms with van der Waals surface area (Å²) in [5.41, 5.74) is 3.20. The molecule has 35 heavy (non-hydrogen) atoms. The van der Waals surface area contributed by atoms with E-state index in [1.54, 1.807) is 13.8 Å². The van der Waals surface area contributed by atoms with Crippen molar-refractivity contribution >= 4 is 6.29 Å². The highest BCUT2D eigenvalue weighted by Crippen LogP contribution is 2.60. The van der Waals surface area contributed by atoms with Gasteiger partial charge in [-0.2, -0.15) is 0 Å². The fourth-order valence-electron chi connectivity index (χ4n) is 5.80. The number of allylic oxidation sites excluding steroid dienone is 9. The number of ether oxygens (including phenoxy) is 1. The van der Waals surface area contributed by atoms with Gasteiger partial charge in [0.15, 0.2) is 6.29 Å². The maximum absolute atomic E-state index is 11.6. The molecule has 1 heterocycles. The van der Waals surface area contributed by atoms with Crippen LogP contribution in [0, 0.1) is 11.3 Å². The molecular formula is C30H46O5. The molecule has 1 spiro atoms. The van der Waals surface area contributed by atoms with Gasteiger partial charge in [0.1, 0.15) is 6.29 Å². The van der Waals surface area contributed by atoms with Crippen molar-refractivity contribution in [3.05, 3.63) is 58.2 Å². The van der Waals surface area contributed by atoms with Crippen LogP contribution in [0.25, 0.3) is 0 Å². The van der Waals surface area contributed by atoms with E-state index < -0.39 is 17.3 Å². The maximum Gasteiger partial charge on any atom is 0.164 e. The highest BCUT2D eigenvalue weighted by atomic mass is 16.6. The average Bonchev–Trinajstić information content (AvgIpc) is 3.10. The number of aldehydes is 1. The number of hydrogen-bond donors (Lipinski definition) is 3. The Morgan fingerprint density at radius 1 is 1.20 bits per heavy atom. The van der Waals surface area contributed by atoms with Crippen LogP contribution < -0.4 is 0 Å². The Bertz CT molecular complexity index is 884. The van der Waals surface area contributed by atoms with Crippen LogP contribution in [0.1, 0.15) is 86.5 Å². The van der Waals surface area contributed by atoms with Crippen molar-refractivity contribution in [2.24, 2.45) is 11.3 Å². The number of carbonyl (C=O) groups excluding carboxylic acids is 1. The molecule has 0 radical (unpaired) electrons. The Balaban J connectivity index is 2.26. The Morgan fingerprint density at radius 2 is 1.91 bits per heavy atom. The molecule has 1 aliphatic carbocycles. The van der Waals surface area contributed by atoms with Crippen LogP contribution >= 0.6 is 0 Å². The van der Waals surface area contributed by atoms with Crippen LogP contribution in [0.3, 0.4) is 0 Å². The normalized spacial score (nSPS) is 33.5. The van der Waals surface area contributed by atoms with Crippen molar-refractivity contribution < 1.29 is 24.9 Å². The van der Waals surface area contributed by atoms with Crippen LogP contribution in [-0.2, 0) is 9.53 Å². The fourth-order valence-corrected chi connectivity index (χ4v) is 5.80. The molecule has 5 heteroatoms. The van der Waals surface area contributed by atoms with E-state index in [4.69, 9.17) is 4.74 Å². The summed E-state index contributed by atoms with van der Waals surface area (Å²) < 4.78 is 6.03. The predicted octanol–water partition coefficient (Wildman–Crippen LogP) is 5.72. The summed E-state index contributed by atoms with van der Waals surface area (Å²) in [7, 11) is 0. The minimum absolute atomic E-state index is 0.0214. The second kappa shape index (κ2) is 13.0. The first-order valence-corrected chi connectivity index (χ1v) is 13.0. The Hall–Kier alpha value is -1.79. The largest absolute Gasteiger partial charge is 0.396 e. The Morgan fingerprint density at radius 3 is 2.54 bits per heavy atom. The van der Waals surface area contributed by atoms with Crippen LogP contribution in [0.5, 0.6) is 0 Å². The molecule has 1 unspecified atom stereocenters. The third-order valence-corrected chi connectivity index (χ3v) is 7.82. The van der Waals surface area contributed by atoms with E-state index in [9.17, 15) is 20.1 Å². The van der Waals surface area contributed by atoms with E-state index in [1.807, 2.05) is 25.2 Å². The van der Waals surface area contributed by atoms with Crippen LogP contribution in [-0.4, -0.2) is 46.2 Å². The molecule has 0 amide bonds. The van der Waals surface area contributed by atoms with Gasteiger partial charge < -0.3 is 20.1 Å². The van der Waals surface area contributed by atoms with Gasteiger partial charge >= 0.3 is 0 Å². The van der Waals surface area contributed by atoms with Gasteiger partial charge in [-0.25, -0.2) is 0 Å². The molecule has 2 rings (SSSR count). The summed E-state index contributed by atoms with van der Waals surface area (Å²) >= 11 is 0. The van der Waals surface area contributed by atoms with E-state index in [0.717, 1.165) is 30.3 Å². The summed E-state index contributed by atoms with van der Waals surface area (Å²) in [6.07, 6.45) is 14.5. The third-order valence-electron chi connectivity index (χ3n) is 7.82. The Kier molecular flexibility index (Phi) is 10.9. The summed E-state index contributed by atoms with van der Waals surface area (Å²) in [6, 6.07) is 0. The Labute approximate surface area is 212 Å². The van der Waals surface area contributed by atoms with Gasteiger partial charge in [0, 0.05) is 6.61 Å². The van der Waals surface area contributed by atoms with E-state index in [2.05, 4.69) is 32.9 Å². The summed E-state index contributed by atoms with van der Waals surface area (Å²) in [5.74, 6) is -0.237. The SMILES string of the molecule is CC(C)=CCC/C(C)=C/C=C/C(C)=C/[C@H]1C[C@@]2(C(O)O1)[C@H](CCCO)/C(=C(/C)C=O)CC[C@]2(C)O. The number of carbonyl (C=O) groups is 1. The zero-order chi connectivity index (χ0) is 26.2. The van der Waals surface area contributed by atoms with Crippen molar-refractivity contribution in [2.45, 2.75) is 104 Å². The topological polar surface area (TPSA) is 87.0 Å². The smallest absolute Gasteiger partial charge is 0.164 e. The first-order chi connectivity index (χ1) is 16.5. The predicted molar refractivity (Wildman–Crippen MR) is 142 cm³/mol. The maximum atomic E-state index is 11.6. The molecule has 2 fully saturated rings. The highest BCUT2D eigenvalue weighted by molar-refractivity contribution is 5.74. The van der Waals surface area contributed by atoms with Crippen LogP contribution in [0.15, 0.2) is 58.2 Å². The molecule has 3 N–H and O–H groups in total. The van der Waals surface area contributed by atoms with Crippen molar-refractivity contribution in [3.63, 3.8) is 0 Å². The molecule has 5 atom stereocenters. The fraction of sp³-hybridized carbons (Fsp3) is 0.633. The van der Waals surface area contributed by atoms with Crippen LogP contribution in [0.4, 0.5) is 0 Å². The van der Waals surface area contributed by atoms with Gasteiger partial charge in [0.25, 0.3) is 0 Å². The summed E-state index contributed by atoms with van der Waals surface area (Å²) in [5, 5.41) is 32.3. The minimum Gasteiger partial charge on any atom is -0.396 e. The monoisotopic (exact) mass is 486 g/mol. The van der Waals surface area contributed by atoms with Gasteiger partial charge in [0.2, 0.25) is 0 Å². The zero-order valence-electron chi connectivity index (χ0n) is 22.5. The molecule has 5 nitrogen and oxygen atoms in total. The molecular weight excluding hydrogens is 440 g/mol. The quantitative estimate of drug-likeness (QED) is 0.159. The minimum atomic E-state index is -1.16.